The van der Waals surface area contributed by atoms with Crippen molar-refractivity contribution in [1.82, 2.24) is 5.32 Å². The van der Waals surface area contributed by atoms with Crippen molar-refractivity contribution >= 4 is 52.4 Å². The minimum absolute atomic E-state index is 0.0382. The van der Waals surface area contributed by atoms with Gasteiger partial charge < -0.3 is 10.1 Å². The molecule has 3 aromatic carbocycles. The van der Waals surface area contributed by atoms with Gasteiger partial charge in [-0.25, -0.2) is 18.0 Å². The molecule has 5 nitrogen and oxygen atoms in total. The number of nitrogens with one attached hydrogen (secondary N) is 2. The number of hydrogen-bond acceptors (Lipinski definition) is 3. The molecule has 3 aromatic rings. The van der Waals surface area contributed by atoms with Gasteiger partial charge in [-0.2, -0.15) is 0 Å². The molecule has 0 fully saturated rings. The van der Waals surface area contributed by atoms with Crippen LogP contribution in [0, 0.1) is 31.3 Å². The zero-order chi connectivity index (χ0) is 24.4. The number of hydrogen-bond donors (Lipinski definition) is 2. The second-order valence-corrected chi connectivity index (χ2v) is 8.00. The van der Waals surface area contributed by atoms with E-state index in [0.717, 1.165) is 24.3 Å². The summed E-state index contributed by atoms with van der Waals surface area (Å²) in [5.41, 5.74) is 0.166. The molecule has 0 saturated carbocycles. The third kappa shape index (κ3) is 5.35. The average Bonchev–Trinajstić information content (AvgIpc) is 2.73. The summed E-state index contributed by atoms with van der Waals surface area (Å²) in [4.78, 5) is 24.4. The van der Waals surface area contributed by atoms with Crippen LogP contribution in [0.15, 0.2) is 36.4 Å². The van der Waals surface area contributed by atoms with Crippen LogP contribution in [0.3, 0.4) is 0 Å². The van der Waals surface area contributed by atoms with Crippen LogP contribution < -0.4 is 15.4 Å². The molecule has 33 heavy (non-hydrogen) atoms. The number of urea groups is 1. The molecule has 0 atom stereocenters. The van der Waals surface area contributed by atoms with E-state index in [0.29, 0.717) is 11.1 Å². The number of benzene rings is 3. The number of ether oxygens (including phenoxy) is 1. The molecular formula is C22H14Cl3F3N2O3. The Morgan fingerprint density at radius 1 is 0.879 bits per heavy atom. The van der Waals surface area contributed by atoms with Gasteiger partial charge in [-0.15, -0.1) is 0 Å². The predicted octanol–water partition coefficient (Wildman–Crippen LogP) is 7.44. The van der Waals surface area contributed by atoms with Gasteiger partial charge in [0.1, 0.15) is 34.5 Å². The van der Waals surface area contributed by atoms with E-state index in [1.54, 1.807) is 13.8 Å². The Morgan fingerprint density at radius 3 is 2.15 bits per heavy atom. The van der Waals surface area contributed by atoms with Crippen LogP contribution in [-0.2, 0) is 0 Å². The summed E-state index contributed by atoms with van der Waals surface area (Å²) in [6.45, 7) is 3.18. The van der Waals surface area contributed by atoms with Crippen LogP contribution in [0.25, 0.3) is 0 Å². The lowest BCUT2D eigenvalue weighted by Gasteiger charge is -2.17. The molecule has 2 N–H and O–H groups in total. The second kappa shape index (κ2) is 9.91. The van der Waals surface area contributed by atoms with Gasteiger partial charge >= 0.3 is 6.03 Å². The maximum Gasteiger partial charge on any atom is 0.326 e. The summed E-state index contributed by atoms with van der Waals surface area (Å²) in [6.07, 6.45) is 0. The molecule has 0 radical (unpaired) electrons. The highest BCUT2D eigenvalue weighted by Gasteiger charge is 2.21. The van der Waals surface area contributed by atoms with Crippen LogP contribution in [0.1, 0.15) is 21.5 Å². The highest BCUT2D eigenvalue weighted by molar-refractivity contribution is 6.35. The van der Waals surface area contributed by atoms with Gasteiger partial charge in [-0.05, 0) is 49.2 Å². The van der Waals surface area contributed by atoms with E-state index in [9.17, 15) is 22.8 Å². The zero-order valence-electron chi connectivity index (χ0n) is 17.0. The molecule has 0 aliphatic rings. The van der Waals surface area contributed by atoms with Crippen molar-refractivity contribution in [1.29, 1.82) is 0 Å². The molecule has 3 rings (SSSR count). The Hall–Kier alpha value is -2.94. The minimum atomic E-state index is -1.26. The monoisotopic (exact) mass is 516 g/mol. The van der Waals surface area contributed by atoms with Crippen molar-refractivity contribution < 1.29 is 27.5 Å². The van der Waals surface area contributed by atoms with Gasteiger partial charge in [0.2, 0.25) is 0 Å². The second-order valence-electron chi connectivity index (χ2n) is 6.81. The highest BCUT2D eigenvalue weighted by Crippen LogP contribution is 2.41. The molecule has 0 heterocycles. The van der Waals surface area contributed by atoms with Crippen molar-refractivity contribution in [2.24, 2.45) is 0 Å². The first-order chi connectivity index (χ1) is 15.5. The summed E-state index contributed by atoms with van der Waals surface area (Å²) >= 11 is 18.1. The number of imide groups is 1. The Kier molecular flexibility index (Phi) is 7.41. The van der Waals surface area contributed by atoms with Crippen LogP contribution >= 0.6 is 34.8 Å². The Balaban J connectivity index is 1.82. The first-order valence-electron chi connectivity index (χ1n) is 9.18. The summed E-state index contributed by atoms with van der Waals surface area (Å²) < 4.78 is 46.7. The summed E-state index contributed by atoms with van der Waals surface area (Å²) in [7, 11) is 0. The van der Waals surface area contributed by atoms with Crippen LogP contribution in [-0.4, -0.2) is 11.9 Å². The molecule has 0 aliphatic heterocycles. The fourth-order valence-electron chi connectivity index (χ4n) is 2.92. The molecule has 11 heteroatoms. The minimum Gasteiger partial charge on any atom is -0.454 e. The van der Waals surface area contributed by atoms with Gasteiger partial charge in [-0.1, -0.05) is 40.9 Å². The van der Waals surface area contributed by atoms with E-state index in [4.69, 9.17) is 39.5 Å². The van der Waals surface area contributed by atoms with Gasteiger partial charge in [0.15, 0.2) is 0 Å². The number of carbonyl (C=O) groups is 2. The lowest BCUT2D eigenvalue weighted by atomic mass is 10.1. The summed E-state index contributed by atoms with van der Waals surface area (Å²) in [5.74, 6) is -4.00. The summed E-state index contributed by atoms with van der Waals surface area (Å²) in [6, 6.07) is 5.48. The SMILES string of the molecule is Cc1cc(Oc2cc(Cl)c(F)cc2Cl)c(Cl)c(C)c1NC(=O)NC(=O)c1c(F)cccc1F. The van der Waals surface area contributed by atoms with Gasteiger partial charge in [0.05, 0.1) is 15.1 Å². The smallest absolute Gasteiger partial charge is 0.326 e. The number of halogens is 6. The summed E-state index contributed by atoms with van der Waals surface area (Å²) in [5, 5.41) is 4.13. The standard InChI is InChI=1S/C22H14Cl3F3N2O3/c1-9-6-17(33-16-8-11(23)15(28)7-12(16)24)19(25)10(2)20(9)29-22(32)30-21(31)18-13(26)4-3-5-14(18)27/h3-8H,1-2H3,(H2,29,30,31,32). The van der Waals surface area contributed by atoms with Gasteiger partial charge in [0, 0.05) is 11.8 Å². The molecule has 0 bridgehead atoms. The first kappa shape index (κ1) is 24.7. The molecule has 0 aliphatic carbocycles. The third-order valence-corrected chi connectivity index (χ3v) is 5.57. The van der Waals surface area contributed by atoms with E-state index < -0.39 is 35.0 Å². The van der Waals surface area contributed by atoms with Crippen molar-refractivity contribution in [2.75, 3.05) is 5.32 Å². The van der Waals surface area contributed by atoms with E-state index in [-0.39, 0.29) is 32.3 Å². The van der Waals surface area contributed by atoms with Crippen molar-refractivity contribution in [3.8, 4) is 11.5 Å². The normalized spacial score (nSPS) is 10.7. The lowest BCUT2D eigenvalue weighted by Crippen LogP contribution is -2.35. The van der Waals surface area contributed by atoms with E-state index in [1.165, 1.54) is 12.1 Å². The largest absolute Gasteiger partial charge is 0.454 e. The van der Waals surface area contributed by atoms with Crippen molar-refractivity contribution in [3.05, 3.63) is 85.6 Å². The Labute approximate surface area is 201 Å². The predicted molar refractivity (Wildman–Crippen MR) is 120 cm³/mol. The molecule has 172 valence electrons. The Morgan fingerprint density at radius 2 is 1.52 bits per heavy atom. The van der Waals surface area contributed by atoms with Gasteiger partial charge in [0.25, 0.3) is 5.91 Å². The molecule has 0 saturated heterocycles. The Bertz CT molecular complexity index is 1270. The van der Waals surface area contributed by atoms with Gasteiger partial charge in [-0.3, -0.25) is 10.1 Å². The van der Waals surface area contributed by atoms with E-state index in [1.807, 2.05) is 5.32 Å². The lowest BCUT2D eigenvalue weighted by molar-refractivity contribution is 0.0959. The maximum atomic E-state index is 13.8. The number of aryl methyl sites for hydroxylation is 1. The molecular weight excluding hydrogens is 504 g/mol. The third-order valence-electron chi connectivity index (χ3n) is 4.51. The zero-order valence-corrected chi connectivity index (χ0v) is 19.2. The number of anilines is 1. The number of rotatable bonds is 4. The van der Waals surface area contributed by atoms with Crippen LogP contribution in [0.5, 0.6) is 11.5 Å². The fourth-order valence-corrected chi connectivity index (χ4v) is 3.45. The molecule has 0 spiro atoms. The fraction of sp³-hybridized carbons (Fsp3) is 0.0909. The van der Waals surface area contributed by atoms with Crippen LogP contribution in [0.4, 0.5) is 23.7 Å². The molecule has 0 unspecified atom stereocenters. The highest BCUT2D eigenvalue weighted by atomic mass is 35.5. The maximum absolute atomic E-state index is 13.8. The van der Waals surface area contributed by atoms with E-state index >= 15 is 0 Å². The van der Waals surface area contributed by atoms with E-state index in [2.05, 4.69) is 5.32 Å². The molecule has 0 aromatic heterocycles. The average molecular weight is 518 g/mol. The topological polar surface area (TPSA) is 67.4 Å². The van der Waals surface area contributed by atoms with Crippen LogP contribution in [0.2, 0.25) is 15.1 Å². The first-order valence-corrected chi connectivity index (χ1v) is 10.3. The number of carbonyl (C=O) groups excluding carboxylic acids is 2. The molecule has 3 amide bonds. The number of amides is 3. The van der Waals surface area contributed by atoms with Crippen molar-refractivity contribution in [2.45, 2.75) is 13.8 Å². The van der Waals surface area contributed by atoms with Crippen molar-refractivity contribution in [3.63, 3.8) is 0 Å². The quantitative estimate of drug-likeness (QED) is 0.354.